The molecule has 4 heteroatoms. The lowest BCUT2D eigenvalue weighted by molar-refractivity contribution is 0.255. The van der Waals surface area contributed by atoms with E-state index in [0.717, 1.165) is 43.9 Å². The average molecular weight is 244 g/mol. The van der Waals surface area contributed by atoms with Crippen molar-refractivity contribution in [1.29, 1.82) is 0 Å². The van der Waals surface area contributed by atoms with Crippen LogP contribution in [0.1, 0.15) is 17.0 Å². The molecule has 0 spiro atoms. The highest BCUT2D eigenvalue weighted by atomic mass is 16.3. The standard InChI is InChI=1S/C14H16N2O2/c17-14-4-3-11-5-7-16(8-6-13(11)15-14)10-12-2-1-9-18-12/h1-4,9H,5-8,10H2,(H,15,17). The molecule has 1 N–H and O–H groups in total. The van der Waals surface area contributed by atoms with Crippen molar-refractivity contribution in [1.82, 2.24) is 9.88 Å². The summed E-state index contributed by atoms with van der Waals surface area (Å²) in [5.74, 6) is 0.995. The van der Waals surface area contributed by atoms with E-state index in [0.29, 0.717) is 0 Å². The molecule has 0 atom stereocenters. The van der Waals surface area contributed by atoms with Gasteiger partial charge in [0.2, 0.25) is 5.56 Å². The van der Waals surface area contributed by atoms with E-state index in [9.17, 15) is 4.79 Å². The van der Waals surface area contributed by atoms with Crippen LogP contribution >= 0.6 is 0 Å². The molecule has 3 rings (SSSR count). The Hall–Kier alpha value is -1.81. The van der Waals surface area contributed by atoms with Crippen LogP contribution in [0.2, 0.25) is 0 Å². The Kier molecular flexibility index (Phi) is 3.02. The van der Waals surface area contributed by atoms with E-state index in [-0.39, 0.29) is 5.56 Å². The van der Waals surface area contributed by atoms with Gasteiger partial charge in [0.15, 0.2) is 0 Å². The van der Waals surface area contributed by atoms with Crippen LogP contribution in [0.3, 0.4) is 0 Å². The second kappa shape index (κ2) is 4.82. The number of fused-ring (bicyclic) bond motifs is 1. The normalized spacial score (nSPS) is 16.2. The largest absolute Gasteiger partial charge is 0.468 e. The molecule has 0 radical (unpaired) electrons. The first kappa shape index (κ1) is 11.3. The Labute approximate surface area is 105 Å². The van der Waals surface area contributed by atoms with E-state index in [4.69, 9.17) is 4.42 Å². The fourth-order valence-corrected chi connectivity index (χ4v) is 2.45. The van der Waals surface area contributed by atoms with Crippen molar-refractivity contribution < 1.29 is 4.42 Å². The zero-order valence-electron chi connectivity index (χ0n) is 10.2. The van der Waals surface area contributed by atoms with Gasteiger partial charge in [0.25, 0.3) is 0 Å². The highest BCUT2D eigenvalue weighted by molar-refractivity contribution is 5.21. The van der Waals surface area contributed by atoms with Crippen molar-refractivity contribution in [2.75, 3.05) is 13.1 Å². The maximum absolute atomic E-state index is 11.3. The quantitative estimate of drug-likeness (QED) is 0.872. The number of nitrogens with one attached hydrogen (secondary N) is 1. The van der Waals surface area contributed by atoms with Crippen LogP contribution in [-0.4, -0.2) is 23.0 Å². The van der Waals surface area contributed by atoms with Gasteiger partial charge < -0.3 is 9.40 Å². The van der Waals surface area contributed by atoms with Gasteiger partial charge in [-0.2, -0.15) is 0 Å². The molecule has 18 heavy (non-hydrogen) atoms. The summed E-state index contributed by atoms with van der Waals surface area (Å²) < 4.78 is 5.37. The lowest BCUT2D eigenvalue weighted by atomic mass is 10.1. The molecule has 1 aliphatic heterocycles. The smallest absolute Gasteiger partial charge is 0.248 e. The number of hydrogen-bond acceptors (Lipinski definition) is 3. The molecule has 4 nitrogen and oxygen atoms in total. The SMILES string of the molecule is O=c1ccc2c([nH]1)CCN(Cc1ccco1)CC2. The number of rotatable bonds is 2. The molecule has 0 amide bonds. The zero-order valence-corrected chi connectivity index (χ0v) is 10.2. The highest BCUT2D eigenvalue weighted by Crippen LogP contribution is 2.14. The predicted octanol–water partition coefficient (Wildman–Crippen LogP) is 1.57. The van der Waals surface area contributed by atoms with Crippen LogP contribution in [0.15, 0.2) is 39.7 Å². The molecule has 0 unspecified atom stereocenters. The molecular weight excluding hydrogens is 228 g/mol. The number of aromatic nitrogens is 1. The third kappa shape index (κ3) is 2.38. The molecule has 0 saturated carbocycles. The summed E-state index contributed by atoms with van der Waals surface area (Å²) in [6, 6.07) is 7.48. The fraction of sp³-hybridized carbons (Fsp3) is 0.357. The summed E-state index contributed by atoms with van der Waals surface area (Å²) in [5, 5.41) is 0. The van der Waals surface area contributed by atoms with Gasteiger partial charge in [0.05, 0.1) is 12.8 Å². The Morgan fingerprint density at radius 2 is 2.11 bits per heavy atom. The molecule has 0 bridgehead atoms. The molecule has 2 aromatic heterocycles. The van der Waals surface area contributed by atoms with Crippen molar-refractivity contribution in [3.63, 3.8) is 0 Å². The predicted molar refractivity (Wildman–Crippen MR) is 68.5 cm³/mol. The molecule has 94 valence electrons. The number of H-pyrrole nitrogens is 1. The maximum atomic E-state index is 11.3. The van der Waals surface area contributed by atoms with E-state index in [1.165, 1.54) is 5.56 Å². The van der Waals surface area contributed by atoms with Gasteiger partial charge in [-0.05, 0) is 24.1 Å². The summed E-state index contributed by atoms with van der Waals surface area (Å²) in [6.45, 7) is 2.79. The number of nitrogens with zero attached hydrogens (tertiary/aromatic N) is 1. The first-order valence-electron chi connectivity index (χ1n) is 6.27. The number of hydrogen-bond donors (Lipinski definition) is 1. The van der Waals surface area contributed by atoms with Gasteiger partial charge in [0, 0.05) is 31.3 Å². The summed E-state index contributed by atoms with van der Waals surface area (Å²) >= 11 is 0. The van der Waals surface area contributed by atoms with E-state index in [1.807, 2.05) is 18.2 Å². The summed E-state index contributed by atoms with van der Waals surface area (Å²) in [5.41, 5.74) is 2.34. The van der Waals surface area contributed by atoms with Gasteiger partial charge in [-0.3, -0.25) is 9.69 Å². The van der Waals surface area contributed by atoms with Crippen molar-refractivity contribution in [2.45, 2.75) is 19.4 Å². The maximum Gasteiger partial charge on any atom is 0.248 e. The second-order valence-corrected chi connectivity index (χ2v) is 4.68. The first-order chi connectivity index (χ1) is 8.81. The van der Waals surface area contributed by atoms with E-state index in [1.54, 1.807) is 12.3 Å². The van der Waals surface area contributed by atoms with Crippen LogP contribution in [-0.2, 0) is 19.4 Å². The third-order valence-electron chi connectivity index (χ3n) is 3.43. The molecule has 2 aromatic rings. The Bertz CT molecular complexity index is 572. The number of pyridine rings is 1. The first-order valence-corrected chi connectivity index (χ1v) is 6.27. The van der Waals surface area contributed by atoms with Gasteiger partial charge in [-0.15, -0.1) is 0 Å². The Balaban J connectivity index is 1.72. The topological polar surface area (TPSA) is 49.2 Å². The number of furan rings is 1. The van der Waals surface area contributed by atoms with Crippen LogP contribution in [0, 0.1) is 0 Å². The van der Waals surface area contributed by atoms with Crippen molar-refractivity contribution in [3.8, 4) is 0 Å². The summed E-state index contributed by atoms with van der Waals surface area (Å²) in [4.78, 5) is 16.6. The minimum atomic E-state index is -0.00626. The van der Waals surface area contributed by atoms with Crippen LogP contribution in [0.25, 0.3) is 0 Å². The highest BCUT2D eigenvalue weighted by Gasteiger charge is 2.15. The van der Waals surface area contributed by atoms with Crippen LogP contribution in [0.5, 0.6) is 0 Å². The van der Waals surface area contributed by atoms with E-state index >= 15 is 0 Å². The lowest BCUT2D eigenvalue weighted by Gasteiger charge is -2.17. The second-order valence-electron chi connectivity index (χ2n) is 4.68. The lowest BCUT2D eigenvalue weighted by Crippen LogP contribution is -2.25. The molecular formula is C14H16N2O2. The monoisotopic (exact) mass is 244 g/mol. The van der Waals surface area contributed by atoms with Gasteiger partial charge in [-0.1, -0.05) is 6.07 Å². The minimum Gasteiger partial charge on any atom is -0.468 e. The zero-order chi connectivity index (χ0) is 12.4. The van der Waals surface area contributed by atoms with Crippen molar-refractivity contribution in [2.24, 2.45) is 0 Å². The van der Waals surface area contributed by atoms with E-state index < -0.39 is 0 Å². The minimum absolute atomic E-state index is 0.00626. The van der Waals surface area contributed by atoms with Crippen LogP contribution in [0.4, 0.5) is 0 Å². The van der Waals surface area contributed by atoms with Crippen molar-refractivity contribution in [3.05, 3.63) is 57.9 Å². The summed E-state index contributed by atoms with van der Waals surface area (Å²) in [6.07, 6.45) is 3.58. The van der Waals surface area contributed by atoms with Crippen LogP contribution < -0.4 is 5.56 Å². The Morgan fingerprint density at radius 3 is 2.94 bits per heavy atom. The van der Waals surface area contributed by atoms with E-state index in [2.05, 4.69) is 9.88 Å². The number of aromatic amines is 1. The molecule has 0 aliphatic carbocycles. The molecule has 3 heterocycles. The van der Waals surface area contributed by atoms with Crippen molar-refractivity contribution >= 4 is 0 Å². The van der Waals surface area contributed by atoms with Gasteiger partial charge in [-0.25, -0.2) is 0 Å². The summed E-state index contributed by atoms with van der Waals surface area (Å²) in [7, 11) is 0. The Morgan fingerprint density at radius 1 is 1.22 bits per heavy atom. The third-order valence-corrected chi connectivity index (χ3v) is 3.43. The molecule has 0 fully saturated rings. The van der Waals surface area contributed by atoms with Gasteiger partial charge in [0.1, 0.15) is 5.76 Å². The molecule has 0 saturated heterocycles. The molecule has 0 aromatic carbocycles. The average Bonchev–Trinajstić information content (AvgIpc) is 2.79. The molecule has 1 aliphatic rings. The fourth-order valence-electron chi connectivity index (χ4n) is 2.45. The van der Waals surface area contributed by atoms with Gasteiger partial charge >= 0.3 is 0 Å².